The first-order valence-electron chi connectivity index (χ1n) is 4.98. The molecule has 0 fully saturated rings. The highest BCUT2D eigenvalue weighted by Crippen LogP contribution is 2.22. The van der Waals surface area contributed by atoms with Crippen molar-refractivity contribution in [1.29, 1.82) is 0 Å². The molecular weight excluding hydrogens is 172 g/mol. The number of rotatable bonds is 2. The van der Waals surface area contributed by atoms with Gasteiger partial charge in [0.15, 0.2) is 0 Å². The van der Waals surface area contributed by atoms with Crippen LogP contribution in [0.5, 0.6) is 0 Å². The summed E-state index contributed by atoms with van der Waals surface area (Å²) in [5.41, 5.74) is 2.60. The molecular formula is C13H18O. The molecule has 0 bridgehead atoms. The standard InChI is InChI=1S/C13H18O/c1-10(14)9-11-5-7-12(8-6-11)13(2,3)4/h5-8H,9H2,1-4H3. The molecule has 0 aliphatic rings. The van der Waals surface area contributed by atoms with Crippen molar-refractivity contribution in [1.82, 2.24) is 0 Å². The summed E-state index contributed by atoms with van der Waals surface area (Å²) >= 11 is 0. The molecule has 0 unspecified atom stereocenters. The van der Waals surface area contributed by atoms with Crippen LogP contribution in [0.4, 0.5) is 0 Å². The zero-order valence-electron chi connectivity index (χ0n) is 9.42. The van der Waals surface area contributed by atoms with Crippen LogP contribution in [0.25, 0.3) is 0 Å². The third-order valence-corrected chi connectivity index (χ3v) is 2.27. The number of carbonyl (C=O) groups excluding carboxylic acids is 1. The van der Waals surface area contributed by atoms with Crippen LogP contribution in [0.15, 0.2) is 24.3 Å². The van der Waals surface area contributed by atoms with Gasteiger partial charge in [-0.05, 0) is 23.5 Å². The monoisotopic (exact) mass is 190 g/mol. The largest absolute Gasteiger partial charge is 0.300 e. The smallest absolute Gasteiger partial charge is 0.134 e. The first-order valence-corrected chi connectivity index (χ1v) is 4.98. The minimum atomic E-state index is 0.189. The van der Waals surface area contributed by atoms with E-state index in [2.05, 4.69) is 32.9 Å². The molecule has 0 amide bonds. The summed E-state index contributed by atoms with van der Waals surface area (Å²) < 4.78 is 0. The highest BCUT2D eigenvalue weighted by molar-refractivity contribution is 5.78. The Hall–Kier alpha value is -1.11. The zero-order chi connectivity index (χ0) is 10.8. The molecule has 76 valence electrons. The average Bonchev–Trinajstić information content (AvgIpc) is 2.02. The van der Waals surface area contributed by atoms with Crippen molar-refractivity contribution in [3.8, 4) is 0 Å². The average molecular weight is 190 g/mol. The number of hydrogen-bond acceptors (Lipinski definition) is 1. The molecule has 0 aliphatic carbocycles. The lowest BCUT2D eigenvalue weighted by molar-refractivity contribution is -0.116. The number of carbonyl (C=O) groups is 1. The second kappa shape index (κ2) is 3.95. The minimum Gasteiger partial charge on any atom is -0.300 e. The van der Waals surface area contributed by atoms with E-state index in [1.807, 2.05) is 12.1 Å². The topological polar surface area (TPSA) is 17.1 Å². The molecule has 1 rings (SSSR count). The van der Waals surface area contributed by atoms with Gasteiger partial charge in [0.1, 0.15) is 5.78 Å². The van der Waals surface area contributed by atoms with Crippen LogP contribution in [-0.4, -0.2) is 5.78 Å². The lowest BCUT2D eigenvalue weighted by Gasteiger charge is -2.18. The van der Waals surface area contributed by atoms with E-state index < -0.39 is 0 Å². The van der Waals surface area contributed by atoms with Crippen molar-refractivity contribution in [3.63, 3.8) is 0 Å². The molecule has 0 atom stereocenters. The summed E-state index contributed by atoms with van der Waals surface area (Å²) in [4.78, 5) is 10.9. The third-order valence-electron chi connectivity index (χ3n) is 2.27. The zero-order valence-corrected chi connectivity index (χ0v) is 9.42. The van der Waals surface area contributed by atoms with Gasteiger partial charge >= 0.3 is 0 Å². The van der Waals surface area contributed by atoms with E-state index in [0.29, 0.717) is 6.42 Å². The van der Waals surface area contributed by atoms with Crippen molar-refractivity contribution < 1.29 is 4.79 Å². The Morgan fingerprint density at radius 3 is 2.00 bits per heavy atom. The normalized spacial score (nSPS) is 11.4. The van der Waals surface area contributed by atoms with Gasteiger partial charge in [-0.3, -0.25) is 4.79 Å². The van der Waals surface area contributed by atoms with Gasteiger partial charge in [0.25, 0.3) is 0 Å². The predicted octanol–water partition coefficient (Wildman–Crippen LogP) is 3.12. The van der Waals surface area contributed by atoms with Crippen LogP contribution in [0.2, 0.25) is 0 Å². The van der Waals surface area contributed by atoms with E-state index in [1.165, 1.54) is 5.56 Å². The molecule has 0 radical (unpaired) electrons. The molecule has 1 heteroatoms. The molecule has 0 aromatic heterocycles. The second-order valence-electron chi connectivity index (χ2n) is 4.83. The Morgan fingerprint density at radius 1 is 1.14 bits per heavy atom. The van der Waals surface area contributed by atoms with Crippen LogP contribution in [0.3, 0.4) is 0 Å². The van der Waals surface area contributed by atoms with E-state index in [4.69, 9.17) is 0 Å². The SMILES string of the molecule is CC(=O)Cc1ccc(C(C)(C)C)cc1. The number of ketones is 1. The van der Waals surface area contributed by atoms with Crippen LogP contribution >= 0.6 is 0 Å². The number of benzene rings is 1. The molecule has 1 nitrogen and oxygen atoms in total. The van der Waals surface area contributed by atoms with Gasteiger partial charge in [-0.2, -0.15) is 0 Å². The minimum absolute atomic E-state index is 0.189. The van der Waals surface area contributed by atoms with Crippen LogP contribution in [0.1, 0.15) is 38.8 Å². The van der Waals surface area contributed by atoms with Crippen molar-refractivity contribution in [2.24, 2.45) is 0 Å². The van der Waals surface area contributed by atoms with Gasteiger partial charge < -0.3 is 0 Å². The fourth-order valence-corrected chi connectivity index (χ4v) is 1.41. The fraction of sp³-hybridized carbons (Fsp3) is 0.462. The van der Waals surface area contributed by atoms with Crippen molar-refractivity contribution >= 4 is 5.78 Å². The Bertz CT molecular complexity index is 314. The summed E-state index contributed by atoms with van der Waals surface area (Å²) in [5, 5.41) is 0. The molecule has 0 saturated heterocycles. The summed E-state index contributed by atoms with van der Waals surface area (Å²) in [6.45, 7) is 8.19. The lowest BCUT2D eigenvalue weighted by atomic mass is 9.86. The molecule has 0 heterocycles. The molecule has 14 heavy (non-hydrogen) atoms. The first kappa shape index (κ1) is 11.0. The fourth-order valence-electron chi connectivity index (χ4n) is 1.41. The highest BCUT2D eigenvalue weighted by Gasteiger charge is 2.12. The quantitative estimate of drug-likeness (QED) is 0.700. The van der Waals surface area contributed by atoms with Crippen molar-refractivity contribution in [3.05, 3.63) is 35.4 Å². The Balaban J connectivity index is 2.84. The maximum absolute atomic E-state index is 10.9. The number of hydrogen-bond donors (Lipinski definition) is 0. The Kier molecular flexibility index (Phi) is 3.10. The van der Waals surface area contributed by atoms with E-state index in [0.717, 1.165) is 5.56 Å². The first-order chi connectivity index (χ1) is 6.39. The van der Waals surface area contributed by atoms with Crippen LogP contribution in [0, 0.1) is 0 Å². The Labute approximate surface area is 86.1 Å². The summed E-state index contributed by atoms with van der Waals surface area (Å²) in [6, 6.07) is 8.31. The van der Waals surface area contributed by atoms with Gasteiger partial charge in [-0.15, -0.1) is 0 Å². The number of Topliss-reactive ketones (excluding diaryl/α,β-unsaturated/α-hetero) is 1. The van der Waals surface area contributed by atoms with E-state index >= 15 is 0 Å². The summed E-state index contributed by atoms with van der Waals surface area (Å²) in [6.07, 6.45) is 0.546. The van der Waals surface area contributed by atoms with Gasteiger partial charge in [0.05, 0.1) is 0 Å². The second-order valence-corrected chi connectivity index (χ2v) is 4.83. The maximum atomic E-state index is 10.9. The van der Waals surface area contributed by atoms with E-state index in [1.54, 1.807) is 6.92 Å². The van der Waals surface area contributed by atoms with Gasteiger partial charge in [-0.25, -0.2) is 0 Å². The summed E-state index contributed by atoms with van der Waals surface area (Å²) in [5.74, 6) is 0.216. The van der Waals surface area contributed by atoms with Crippen molar-refractivity contribution in [2.45, 2.75) is 39.5 Å². The van der Waals surface area contributed by atoms with Gasteiger partial charge in [0.2, 0.25) is 0 Å². The summed E-state index contributed by atoms with van der Waals surface area (Å²) in [7, 11) is 0. The molecule has 1 aromatic rings. The van der Waals surface area contributed by atoms with E-state index in [-0.39, 0.29) is 11.2 Å². The third kappa shape index (κ3) is 2.99. The van der Waals surface area contributed by atoms with Gasteiger partial charge in [0, 0.05) is 6.42 Å². The highest BCUT2D eigenvalue weighted by atomic mass is 16.1. The molecule has 0 saturated carbocycles. The van der Waals surface area contributed by atoms with Crippen LogP contribution < -0.4 is 0 Å². The van der Waals surface area contributed by atoms with Crippen molar-refractivity contribution in [2.75, 3.05) is 0 Å². The van der Waals surface area contributed by atoms with E-state index in [9.17, 15) is 4.79 Å². The molecule has 0 N–H and O–H groups in total. The molecule has 0 aliphatic heterocycles. The van der Waals surface area contributed by atoms with Gasteiger partial charge in [-0.1, -0.05) is 45.0 Å². The maximum Gasteiger partial charge on any atom is 0.134 e. The molecule has 0 spiro atoms. The van der Waals surface area contributed by atoms with Crippen LogP contribution in [-0.2, 0) is 16.6 Å². The Morgan fingerprint density at radius 2 is 1.64 bits per heavy atom. The lowest BCUT2D eigenvalue weighted by Crippen LogP contribution is -2.10. The molecule has 1 aromatic carbocycles. The predicted molar refractivity (Wildman–Crippen MR) is 59.5 cm³/mol.